The lowest BCUT2D eigenvalue weighted by Gasteiger charge is -2.19. The minimum atomic E-state index is -0.0510. The minimum absolute atomic E-state index is 0.0510. The Hall–Kier alpha value is -0.570. The first-order chi connectivity index (χ1) is 5.13. The SMILES string of the molecule is CCNC(C)C(=O)N(C)CC. The van der Waals surface area contributed by atoms with E-state index in [9.17, 15) is 4.79 Å². The number of nitrogens with one attached hydrogen (secondary N) is 1. The van der Waals surface area contributed by atoms with Crippen LogP contribution in [0.4, 0.5) is 0 Å². The first-order valence-electron chi connectivity index (χ1n) is 4.11. The van der Waals surface area contributed by atoms with Crippen molar-refractivity contribution in [3.8, 4) is 0 Å². The van der Waals surface area contributed by atoms with E-state index < -0.39 is 0 Å². The van der Waals surface area contributed by atoms with E-state index in [0.717, 1.165) is 13.1 Å². The molecule has 0 aliphatic heterocycles. The number of hydrogen-bond donors (Lipinski definition) is 1. The van der Waals surface area contributed by atoms with Crippen molar-refractivity contribution in [1.29, 1.82) is 0 Å². The Labute approximate surface area is 68.8 Å². The normalized spacial score (nSPS) is 12.7. The third kappa shape index (κ3) is 3.37. The summed E-state index contributed by atoms with van der Waals surface area (Å²) in [5, 5.41) is 3.07. The molecule has 3 heteroatoms. The second-order valence-electron chi connectivity index (χ2n) is 2.63. The molecular weight excluding hydrogens is 140 g/mol. The Balaban J connectivity index is 3.81. The summed E-state index contributed by atoms with van der Waals surface area (Å²) in [5.74, 6) is 0.161. The zero-order valence-corrected chi connectivity index (χ0v) is 7.85. The Morgan fingerprint density at radius 2 is 2.09 bits per heavy atom. The van der Waals surface area contributed by atoms with Gasteiger partial charge >= 0.3 is 0 Å². The summed E-state index contributed by atoms with van der Waals surface area (Å²) < 4.78 is 0. The third-order valence-corrected chi connectivity index (χ3v) is 1.73. The summed E-state index contributed by atoms with van der Waals surface area (Å²) in [6, 6.07) is -0.0510. The molecule has 66 valence electrons. The van der Waals surface area contributed by atoms with Crippen LogP contribution in [0.25, 0.3) is 0 Å². The molecule has 0 spiro atoms. The molecule has 11 heavy (non-hydrogen) atoms. The predicted molar refractivity (Wildman–Crippen MR) is 46.4 cm³/mol. The van der Waals surface area contributed by atoms with Crippen molar-refractivity contribution in [2.24, 2.45) is 0 Å². The summed E-state index contributed by atoms with van der Waals surface area (Å²) in [6.07, 6.45) is 0. The molecule has 0 rings (SSSR count). The van der Waals surface area contributed by atoms with Crippen LogP contribution in [0.1, 0.15) is 20.8 Å². The lowest BCUT2D eigenvalue weighted by Crippen LogP contribution is -2.42. The highest BCUT2D eigenvalue weighted by molar-refractivity contribution is 5.81. The number of rotatable bonds is 4. The monoisotopic (exact) mass is 158 g/mol. The van der Waals surface area contributed by atoms with Crippen LogP contribution < -0.4 is 5.32 Å². The molecular formula is C8H18N2O. The van der Waals surface area contributed by atoms with Gasteiger partial charge < -0.3 is 10.2 Å². The third-order valence-electron chi connectivity index (χ3n) is 1.73. The van der Waals surface area contributed by atoms with Crippen molar-refractivity contribution in [2.75, 3.05) is 20.1 Å². The van der Waals surface area contributed by atoms with Gasteiger partial charge in [-0.15, -0.1) is 0 Å². The number of nitrogens with zero attached hydrogens (tertiary/aromatic N) is 1. The molecule has 1 N–H and O–H groups in total. The van der Waals surface area contributed by atoms with Crippen molar-refractivity contribution >= 4 is 5.91 Å². The van der Waals surface area contributed by atoms with Gasteiger partial charge in [0.1, 0.15) is 0 Å². The molecule has 1 amide bonds. The molecule has 0 aromatic rings. The largest absolute Gasteiger partial charge is 0.345 e. The molecule has 0 bridgehead atoms. The van der Waals surface area contributed by atoms with Gasteiger partial charge in [-0.3, -0.25) is 4.79 Å². The van der Waals surface area contributed by atoms with Crippen molar-refractivity contribution in [2.45, 2.75) is 26.8 Å². The average molecular weight is 158 g/mol. The van der Waals surface area contributed by atoms with Crippen molar-refractivity contribution in [3.05, 3.63) is 0 Å². The van der Waals surface area contributed by atoms with Gasteiger partial charge in [0.25, 0.3) is 0 Å². The van der Waals surface area contributed by atoms with Gasteiger partial charge in [0, 0.05) is 13.6 Å². The topological polar surface area (TPSA) is 32.3 Å². The Morgan fingerprint density at radius 3 is 2.45 bits per heavy atom. The molecule has 0 aromatic carbocycles. The number of hydrogen-bond acceptors (Lipinski definition) is 2. The van der Waals surface area contributed by atoms with E-state index in [1.165, 1.54) is 0 Å². The first kappa shape index (κ1) is 10.4. The predicted octanol–water partition coefficient (Wildman–Crippen LogP) is 0.463. The minimum Gasteiger partial charge on any atom is -0.345 e. The fraction of sp³-hybridized carbons (Fsp3) is 0.875. The number of likely N-dealkylation sites (N-methyl/N-ethyl adjacent to an activating group) is 2. The second kappa shape index (κ2) is 5.13. The van der Waals surface area contributed by atoms with Crippen LogP contribution in [0.3, 0.4) is 0 Å². The molecule has 0 saturated carbocycles. The van der Waals surface area contributed by atoms with E-state index in [0.29, 0.717) is 0 Å². The van der Waals surface area contributed by atoms with E-state index in [2.05, 4.69) is 5.32 Å². The van der Waals surface area contributed by atoms with Crippen molar-refractivity contribution < 1.29 is 4.79 Å². The molecule has 0 radical (unpaired) electrons. The average Bonchev–Trinajstić information content (AvgIpc) is 2.02. The fourth-order valence-electron chi connectivity index (χ4n) is 0.880. The lowest BCUT2D eigenvalue weighted by atomic mass is 10.3. The summed E-state index contributed by atoms with van der Waals surface area (Å²) >= 11 is 0. The molecule has 0 aliphatic rings. The number of carbonyl (C=O) groups excluding carboxylic acids is 1. The molecule has 0 aliphatic carbocycles. The maximum Gasteiger partial charge on any atom is 0.239 e. The molecule has 0 fully saturated rings. The summed E-state index contributed by atoms with van der Waals surface area (Å²) in [4.78, 5) is 13.0. The second-order valence-corrected chi connectivity index (χ2v) is 2.63. The maximum atomic E-state index is 11.3. The van der Waals surface area contributed by atoms with Crippen LogP contribution in [0.2, 0.25) is 0 Å². The van der Waals surface area contributed by atoms with E-state index >= 15 is 0 Å². The maximum absolute atomic E-state index is 11.3. The van der Waals surface area contributed by atoms with Gasteiger partial charge in [-0.1, -0.05) is 6.92 Å². The van der Waals surface area contributed by atoms with Gasteiger partial charge in [-0.2, -0.15) is 0 Å². The van der Waals surface area contributed by atoms with Gasteiger partial charge in [0.05, 0.1) is 6.04 Å². The van der Waals surface area contributed by atoms with E-state index in [1.807, 2.05) is 27.8 Å². The van der Waals surface area contributed by atoms with Gasteiger partial charge in [-0.25, -0.2) is 0 Å². The Morgan fingerprint density at radius 1 is 1.55 bits per heavy atom. The zero-order valence-electron chi connectivity index (χ0n) is 7.85. The molecule has 1 unspecified atom stereocenters. The highest BCUT2D eigenvalue weighted by atomic mass is 16.2. The van der Waals surface area contributed by atoms with Crippen LogP contribution in [-0.2, 0) is 4.79 Å². The molecule has 0 saturated heterocycles. The fourth-order valence-corrected chi connectivity index (χ4v) is 0.880. The molecule has 0 heterocycles. The zero-order chi connectivity index (χ0) is 8.85. The van der Waals surface area contributed by atoms with Gasteiger partial charge in [-0.05, 0) is 20.4 Å². The van der Waals surface area contributed by atoms with E-state index in [4.69, 9.17) is 0 Å². The van der Waals surface area contributed by atoms with E-state index in [1.54, 1.807) is 4.90 Å². The standard InChI is InChI=1S/C8H18N2O/c1-5-9-7(3)8(11)10(4)6-2/h7,9H,5-6H2,1-4H3. The quantitative estimate of drug-likeness (QED) is 0.644. The smallest absolute Gasteiger partial charge is 0.239 e. The molecule has 1 atom stereocenters. The van der Waals surface area contributed by atoms with Crippen LogP contribution in [0.5, 0.6) is 0 Å². The van der Waals surface area contributed by atoms with Crippen molar-refractivity contribution in [3.63, 3.8) is 0 Å². The highest BCUT2D eigenvalue weighted by Crippen LogP contribution is 1.90. The van der Waals surface area contributed by atoms with Crippen molar-refractivity contribution in [1.82, 2.24) is 10.2 Å². The molecule has 3 nitrogen and oxygen atoms in total. The van der Waals surface area contributed by atoms with Crippen LogP contribution >= 0.6 is 0 Å². The lowest BCUT2D eigenvalue weighted by molar-refractivity contribution is -0.131. The Bertz CT molecular complexity index is 125. The summed E-state index contributed by atoms with van der Waals surface area (Å²) in [6.45, 7) is 7.46. The summed E-state index contributed by atoms with van der Waals surface area (Å²) in [5.41, 5.74) is 0. The number of carbonyl (C=O) groups is 1. The van der Waals surface area contributed by atoms with E-state index in [-0.39, 0.29) is 11.9 Å². The van der Waals surface area contributed by atoms with Gasteiger partial charge in [0.2, 0.25) is 5.91 Å². The van der Waals surface area contributed by atoms with Crippen LogP contribution in [0, 0.1) is 0 Å². The Kier molecular flexibility index (Phi) is 4.86. The van der Waals surface area contributed by atoms with Crippen LogP contribution in [0.15, 0.2) is 0 Å². The van der Waals surface area contributed by atoms with Gasteiger partial charge in [0.15, 0.2) is 0 Å². The van der Waals surface area contributed by atoms with Crippen LogP contribution in [-0.4, -0.2) is 37.0 Å². The number of amides is 1. The molecule has 0 aromatic heterocycles. The highest BCUT2D eigenvalue weighted by Gasteiger charge is 2.13. The summed E-state index contributed by atoms with van der Waals surface area (Å²) in [7, 11) is 1.82. The first-order valence-corrected chi connectivity index (χ1v) is 4.11.